The molecule has 210 valence electrons. The van der Waals surface area contributed by atoms with Crippen LogP contribution < -0.4 is 5.73 Å². The fraction of sp³-hybridized carbons (Fsp3) is 0.467. The van der Waals surface area contributed by atoms with E-state index < -0.39 is 12.1 Å². The Labute approximate surface area is 226 Å². The molecule has 3 N–H and O–H groups in total. The minimum Gasteiger partial charge on any atom is -0.475 e. The summed E-state index contributed by atoms with van der Waals surface area (Å²) in [5.41, 5.74) is 10.5. The van der Waals surface area contributed by atoms with Crippen LogP contribution in [-0.4, -0.2) is 45.7 Å². The maximum absolute atomic E-state index is 13.6. The molecule has 2 heterocycles. The van der Waals surface area contributed by atoms with E-state index in [9.17, 15) is 18.0 Å². The van der Waals surface area contributed by atoms with E-state index in [2.05, 4.69) is 64.2 Å². The Morgan fingerprint density at radius 2 is 1.62 bits per heavy atom. The molecule has 0 radical (unpaired) electrons. The maximum atomic E-state index is 13.6. The number of piperidine rings is 1. The van der Waals surface area contributed by atoms with E-state index in [1.165, 1.54) is 48.7 Å². The number of halogens is 3. The number of carbonyl (C=O) groups excluding carboxylic acids is 1. The molecule has 0 atom stereocenters. The molecule has 5 rings (SSSR count). The van der Waals surface area contributed by atoms with Gasteiger partial charge in [0.2, 0.25) is 0 Å². The van der Waals surface area contributed by atoms with E-state index in [0.29, 0.717) is 12.5 Å². The number of carboxylic acid groups (broad SMARTS) is 1. The van der Waals surface area contributed by atoms with Crippen molar-refractivity contribution in [1.82, 2.24) is 9.47 Å². The molecule has 3 aromatic rings. The van der Waals surface area contributed by atoms with Crippen LogP contribution in [0, 0.1) is 5.92 Å². The zero-order chi connectivity index (χ0) is 28.0. The highest BCUT2D eigenvalue weighted by Gasteiger charge is 2.38. The number of aliphatic carboxylic acids is 1. The number of nitrogens with zero attached hydrogens (tertiary/aromatic N) is 2. The predicted octanol–water partition coefficient (Wildman–Crippen LogP) is 6.33. The summed E-state index contributed by atoms with van der Waals surface area (Å²) in [7, 11) is 0. The number of alkyl halides is 3. The number of carbonyl (C=O) groups is 2. The Morgan fingerprint density at radius 1 is 0.949 bits per heavy atom. The molecule has 1 aromatic heterocycles. The van der Waals surface area contributed by atoms with Gasteiger partial charge in [-0.2, -0.15) is 13.2 Å². The number of hydrogen-bond donors (Lipinski definition) is 2. The first kappa shape index (κ1) is 28.7. The van der Waals surface area contributed by atoms with Gasteiger partial charge in [0.05, 0.1) is 5.56 Å². The molecule has 0 bridgehead atoms. The van der Waals surface area contributed by atoms with Gasteiger partial charge in [-0.15, -0.1) is 0 Å². The van der Waals surface area contributed by atoms with Gasteiger partial charge in [0, 0.05) is 43.3 Å². The molecular weight excluding hydrogens is 507 g/mol. The SMILES string of the molecule is NCc1cccc(C2CCN(C(=O)c3cn(CC4CCCCC4)c4ccccc34)CC2)c1.O=C(O)C(F)(F)F. The van der Waals surface area contributed by atoms with Gasteiger partial charge in [-0.3, -0.25) is 4.79 Å². The second-order valence-corrected chi connectivity index (χ2v) is 10.5. The van der Waals surface area contributed by atoms with Crippen molar-refractivity contribution in [3.63, 3.8) is 0 Å². The lowest BCUT2D eigenvalue weighted by molar-refractivity contribution is -0.192. The molecule has 1 saturated carbocycles. The molecule has 1 amide bonds. The third-order valence-electron chi connectivity index (χ3n) is 7.88. The van der Waals surface area contributed by atoms with Crippen LogP contribution in [0.5, 0.6) is 0 Å². The number of carboxylic acids is 1. The number of para-hydroxylation sites is 1. The first-order valence-electron chi connectivity index (χ1n) is 13.6. The average Bonchev–Trinajstić information content (AvgIpc) is 3.31. The monoisotopic (exact) mass is 543 g/mol. The molecule has 9 heteroatoms. The number of likely N-dealkylation sites (tertiary alicyclic amines) is 1. The van der Waals surface area contributed by atoms with E-state index in [0.717, 1.165) is 49.3 Å². The summed E-state index contributed by atoms with van der Waals surface area (Å²) in [5, 5.41) is 8.23. The summed E-state index contributed by atoms with van der Waals surface area (Å²) < 4.78 is 34.1. The number of hydrogen-bond acceptors (Lipinski definition) is 3. The number of rotatable bonds is 5. The lowest BCUT2D eigenvalue weighted by Gasteiger charge is -2.32. The summed E-state index contributed by atoms with van der Waals surface area (Å²) in [6.07, 6.45) is 5.78. The fourth-order valence-electron chi connectivity index (χ4n) is 5.78. The van der Waals surface area contributed by atoms with Crippen LogP contribution in [-0.2, 0) is 17.9 Å². The molecular formula is C30H36F3N3O3. The molecule has 1 aliphatic heterocycles. The minimum absolute atomic E-state index is 0.192. The molecule has 1 aliphatic carbocycles. The van der Waals surface area contributed by atoms with Gasteiger partial charge in [0.25, 0.3) is 5.91 Å². The average molecular weight is 544 g/mol. The largest absolute Gasteiger partial charge is 0.490 e. The van der Waals surface area contributed by atoms with Gasteiger partial charge in [-0.05, 0) is 54.7 Å². The van der Waals surface area contributed by atoms with E-state index in [1.54, 1.807) is 0 Å². The number of benzene rings is 2. The van der Waals surface area contributed by atoms with Gasteiger partial charge in [-0.25, -0.2) is 4.79 Å². The Hall–Kier alpha value is -3.33. The molecule has 2 aromatic carbocycles. The molecule has 2 fully saturated rings. The Kier molecular flexibility index (Phi) is 9.32. The lowest BCUT2D eigenvalue weighted by Crippen LogP contribution is -2.37. The summed E-state index contributed by atoms with van der Waals surface area (Å²) in [4.78, 5) is 24.5. The normalized spacial score (nSPS) is 17.1. The highest BCUT2D eigenvalue weighted by Crippen LogP contribution is 2.32. The van der Waals surface area contributed by atoms with Crippen molar-refractivity contribution in [3.8, 4) is 0 Å². The van der Waals surface area contributed by atoms with Crippen LogP contribution in [0.1, 0.15) is 72.3 Å². The first-order valence-corrected chi connectivity index (χ1v) is 13.6. The van der Waals surface area contributed by atoms with Gasteiger partial charge < -0.3 is 20.3 Å². The molecule has 39 heavy (non-hydrogen) atoms. The molecule has 6 nitrogen and oxygen atoms in total. The van der Waals surface area contributed by atoms with Crippen molar-refractivity contribution in [2.75, 3.05) is 13.1 Å². The first-order chi connectivity index (χ1) is 18.7. The predicted molar refractivity (Wildman–Crippen MR) is 144 cm³/mol. The number of nitrogens with two attached hydrogens (primary N) is 1. The van der Waals surface area contributed by atoms with Gasteiger partial charge >= 0.3 is 12.1 Å². The summed E-state index contributed by atoms with van der Waals surface area (Å²) >= 11 is 0. The number of fused-ring (bicyclic) bond motifs is 1. The topological polar surface area (TPSA) is 88.6 Å². The van der Waals surface area contributed by atoms with Gasteiger partial charge in [0.1, 0.15) is 0 Å². The van der Waals surface area contributed by atoms with Crippen LogP contribution in [0.25, 0.3) is 10.9 Å². The molecule has 1 saturated heterocycles. The summed E-state index contributed by atoms with van der Waals surface area (Å²) in [6, 6.07) is 17.1. The van der Waals surface area contributed by atoms with Crippen LogP contribution >= 0.6 is 0 Å². The van der Waals surface area contributed by atoms with Crippen LogP contribution in [0.15, 0.2) is 54.7 Å². The fourth-order valence-corrected chi connectivity index (χ4v) is 5.78. The number of aromatic nitrogens is 1. The van der Waals surface area contributed by atoms with E-state index in [1.807, 2.05) is 0 Å². The zero-order valence-electron chi connectivity index (χ0n) is 22.0. The van der Waals surface area contributed by atoms with Crippen molar-refractivity contribution in [3.05, 3.63) is 71.4 Å². The zero-order valence-corrected chi connectivity index (χ0v) is 22.0. The second kappa shape index (κ2) is 12.7. The van der Waals surface area contributed by atoms with Crippen LogP contribution in [0.4, 0.5) is 13.2 Å². The lowest BCUT2D eigenvalue weighted by atomic mass is 9.88. The second-order valence-electron chi connectivity index (χ2n) is 10.5. The highest BCUT2D eigenvalue weighted by molar-refractivity contribution is 6.07. The Balaban J connectivity index is 0.000000448. The van der Waals surface area contributed by atoms with Crippen molar-refractivity contribution in [2.45, 2.75) is 70.1 Å². The van der Waals surface area contributed by atoms with Crippen molar-refractivity contribution in [2.24, 2.45) is 11.7 Å². The number of amides is 1. The van der Waals surface area contributed by atoms with Crippen molar-refractivity contribution in [1.29, 1.82) is 0 Å². The smallest absolute Gasteiger partial charge is 0.475 e. The quantitative estimate of drug-likeness (QED) is 0.393. The van der Waals surface area contributed by atoms with Crippen LogP contribution in [0.2, 0.25) is 0 Å². The summed E-state index contributed by atoms with van der Waals surface area (Å²) in [6.45, 7) is 3.25. The summed E-state index contributed by atoms with van der Waals surface area (Å²) in [5.74, 6) is -1.31. The maximum Gasteiger partial charge on any atom is 0.490 e. The van der Waals surface area contributed by atoms with Gasteiger partial charge in [0.15, 0.2) is 0 Å². The third kappa shape index (κ3) is 7.20. The third-order valence-corrected chi connectivity index (χ3v) is 7.88. The highest BCUT2D eigenvalue weighted by atomic mass is 19.4. The molecule has 2 aliphatic rings. The Morgan fingerprint density at radius 3 is 2.26 bits per heavy atom. The van der Waals surface area contributed by atoms with E-state index >= 15 is 0 Å². The van der Waals surface area contributed by atoms with E-state index in [-0.39, 0.29) is 5.91 Å². The molecule has 0 unspecified atom stereocenters. The minimum atomic E-state index is -5.08. The standard InChI is InChI=1S/C28H35N3O.C2HF3O2/c29-18-22-9-6-10-24(17-22)23-13-15-30(16-14-23)28(32)26-20-31(19-21-7-2-1-3-8-21)27-12-5-4-11-25(26)27;3-2(4,5)1(6)7/h4-6,9-12,17,20-21,23H,1-3,7-8,13-16,18-19,29H2;(H,6,7). The van der Waals surface area contributed by atoms with Gasteiger partial charge in [-0.1, -0.05) is 61.7 Å². The van der Waals surface area contributed by atoms with Crippen molar-refractivity contribution < 1.29 is 27.9 Å². The van der Waals surface area contributed by atoms with E-state index in [4.69, 9.17) is 15.6 Å². The molecule has 0 spiro atoms. The van der Waals surface area contributed by atoms with Crippen LogP contribution in [0.3, 0.4) is 0 Å². The van der Waals surface area contributed by atoms with Crippen molar-refractivity contribution >= 4 is 22.8 Å². The Bertz CT molecular complexity index is 1270.